The van der Waals surface area contributed by atoms with Crippen LogP contribution in [0.3, 0.4) is 0 Å². The number of nitrogens with zero attached hydrogens (tertiary/aromatic N) is 2. The Bertz CT molecular complexity index is 987. The standard InChI is InChI=1S/C27H37ClN4O4/c1-19(7-9-22-17-29-12-13-32-22)25(33)6-4-5-11-31-23(18-30-16-20(2)27(34)35)14-21-8-10-26(36-3)24(28)15-21/h4-5,7-10,12-13,15,17,19-20,23,25,30-31,33H,6,11,14,16,18H2,1-3H3,(H,34,35)/b5-4+,9-7+/t19-,20-,23-,25+/m1/s1. The van der Waals surface area contributed by atoms with Crippen molar-refractivity contribution in [2.45, 2.75) is 38.8 Å². The quantitative estimate of drug-likeness (QED) is 0.250. The summed E-state index contributed by atoms with van der Waals surface area (Å²) in [5.41, 5.74) is 1.81. The van der Waals surface area contributed by atoms with Crippen LogP contribution >= 0.6 is 11.6 Å². The molecule has 0 amide bonds. The number of aliphatic hydroxyl groups excluding tert-OH is 1. The highest BCUT2D eigenvalue weighted by Gasteiger charge is 2.14. The molecule has 0 bridgehead atoms. The fraction of sp³-hybridized carbons (Fsp3) is 0.444. The minimum absolute atomic E-state index is 0.0300. The van der Waals surface area contributed by atoms with Gasteiger partial charge >= 0.3 is 5.97 Å². The lowest BCUT2D eigenvalue weighted by Crippen LogP contribution is -2.42. The van der Waals surface area contributed by atoms with Gasteiger partial charge in [0.25, 0.3) is 0 Å². The lowest BCUT2D eigenvalue weighted by molar-refractivity contribution is -0.140. The summed E-state index contributed by atoms with van der Waals surface area (Å²) >= 11 is 6.28. The first-order valence-electron chi connectivity index (χ1n) is 12.1. The van der Waals surface area contributed by atoms with Crippen molar-refractivity contribution in [2.75, 3.05) is 26.7 Å². The van der Waals surface area contributed by atoms with Crippen LogP contribution in [0.15, 0.2) is 55.0 Å². The number of halogens is 1. The van der Waals surface area contributed by atoms with E-state index in [4.69, 9.17) is 21.4 Å². The molecule has 0 spiro atoms. The Morgan fingerprint density at radius 3 is 2.69 bits per heavy atom. The first-order valence-corrected chi connectivity index (χ1v) is 12.4. The minimum atomic E-state index is -0.823. The first-order chi connectivity index (χ1) is 17.3. The third kappa shape index (κ3) is 10.9. The summed E-state index contributed by atoms with van der Waals surface area (Å²) in [5, 5.41) is 26.8. The molecule has 4 N–H and O–H groups in total. The molecule has 2 rings (SSSR count). The van der Waals surface area contributed by atoms with E-state index in [1.54, 1.807) is 32.6 Å². The van der Waals surface area contributed by atoms with Crippen LogP contribution in [-0.4, -0.2) is 65.0 Å². The minimum Gasteiger partial charge on any atom is -0.495 e. The number of carbonyl (C=O) groups is 1. The Balaban J connectivity index is 1.86. The molecular weight excluding hydrogens is 480 g/mol. The molecule has 4 atom stereocenters. The van der Waals surface area contributed by atoms with Gasteiger partial charge in [0.05, 0.1) is 36.0 Å². The molecule has 1 aromatic heterocycles. The van der Waals surface area contributed by atoms with Crippen molar-refractivity contribution in [2.24, 2.45) is 11.8 Å². The molecule has 0 saturated heterocycles. The summed E-state index contributed by atoms with van der Waals surface area (Å²) in [4.78, 5) is 19.3. The van der Waals surface area contributed by atoms with Gasteiger partial charge in [-0.3, -0.25) is 14.8 Å². The molecule has 0 aliphatic heterocycles. The number of aliphatic hydroxyl groups is 1. The number of nitrogens with one attached hydrogen (secondary N) is 2. The van der Waals surface area contributed by atoms with Gasteiger partial charge in [-0.1, -0.05) is 49.7 Å². The summed E-state index contributed by atoms with van der Waals surface area (Å²) in [6.45, 7) is 5.24. The molecule has 2 aromatic rings. The predicted octanol–water partition coefficient (Wildman–Crippen LogP) is 3.61. The van der Waals surface area contributed by atoms with Crippen LogP contribution < -0.4 is 15.4 Å². The molecule has 0 unspecified atom stereocenters. The Kier molecular flexibility index (Phi) is 13.1. The van der Waals surface area contributed by atoms with Crippen LogP contribution in [-0.2, 0) is 11.2 Å². The monoisotopic (exact) mass is 516 g/mol. The molecule has 0 fully saturated rings. The zero-order valence-electron chi connectivity index (χ0n) is 21.1. The molecule has 0 radical (unpaired) electrons. The van der Waals surface area contributed by atoms with Crippen LogP contribution in [0.2, 0.25) is 5.02 Å². The van der Waals surface area contributed by atoms with Crippen molar-refractivity contribution < 1.29 is 19.7 Å². The molecule has 0 aliphatic carbocycles. The summed E-state index contributed by atoms with van der Waals surface area (Å²) in [7, 11) is 1.58. The average molecular weight is 517 g/mol. The highest BCUT2D eigenvalue weighted by atomic mass is 35.5. The Labute approximate surface area is 218 Å². The number of benzene rings is 1. The van der Waals surface area contributed by atoms with E-state index >= 15 is 0 Å². The number of methoxy groups -OCH3 is 1. The van der Waals surface area contributed by atoms with Crippen LogP contribution in [0.4, 0.5) is 0 Å². The number of hydrogen-bond donors (Lipinski definition) is 4. The lowest BCUT2D eigenvalue weighted by atomic mass is 10.0. The summed E-state index contributed by atoms with van der Waals surface area (Å²) in [6.07, 6.45) is 13.4. The summed E-state index contributed by atoms with van der Waals surface area (Å²) in [5.74, 6) is -0.693. The van der Waals surface area contributed by atoms with Gasteiger partial charge < -0.3 is 25.6 Å². The van der Waals surface area contributed by atoms with Gasteiger partial charge in [0, 0.05) is 44.0 Å². The number of aliphatic carboxylic acids is 1. The van der Waals surface area contributed by atoms with E-state index in [0.717, 1.165) is 11.3 Å². The number of rotatable bonds is 16. The fourth-order valence-corrected chi connectivity index (χ4v) is 3.72. The number of carboxylic acids is 1. The molecule has 8 nitrogen and oxygen atoms in total. The van der Waals surface area contributed by atoms with Crippen molar-refractivity contribution in [1.82, 2.24) is 20.6 Å². The van der Waals surface area contributed by atoms with E-state index in [0.29, 0.717) is 43.2 Å². The predicted molar refractivity (Wildman–Crippen MR) is 143 cm³/mol. The second kappa shape index (κ2) is 16.1. The summed E-state index contributed by atoms with van der Waals surface area (Å²) in [6, 6.07) is 5.76. The van der Waals surface area contributed by atoms with Gasteiger partial charge in [0.2, 0.25) is 0 Å². The Morgan fingerprint density at radius 1 is 1.22 bits per heavy atom. The topological polar surface area (TPSA) is 117 Å². The number of carboxylic acid groups (broad SMARTS) is 1. The Morgan fingerprint density at radius 2 is 2.03 bits per heavy atom. The molecule has 1 heterocycles. The van der Waals surface area contributed by atoms with E-state index < -0.39 is 18.0 Å². The zero-order chi connectivity index (χ0) is 26.3. The van der Waals surface area contributed by atoms with Gasteiger partial charge in [-0.25, -0.2) is 0 Å². The van der Waals surface area contributed by atoms with Gasteiger partial charge in [-0.2, -0.15) is 0 Å². The molecule has 1 aromatic carbocycles. The third-order valence-electron chi connectivity index (χ3n) is 5.79. The maximum atomic E-state index is 11.1. The second-order valence-electron chi connectivity index (χ2n) is 8.80. The highest BCUT2D eigenvalue weighted by Crippen LogP contribution is 2.25. The zero-order valence-corrected chi connectivity index (χ0v) is 21.9. The van der Waals surface area contributed by atoms with E-state index in [1.165, 1.54) is 0 Å². The maximum Gasteiger partial charge on any atom is 0.307 e. The highest BCUT2D eigenvalue weighted by molar-refractivity contribution is 6.32. The second-order valence-corrected chi connectivity index (χ2v) is 9.21. The molecule has 0 aliphatic rings. The van der Waals surface area contributed by atoms with Crippen LogP contribution in [0.25, 0.3) is 6.08 Å². The summed E-state index contributed by atoms with van der Waals surface area (Å²) < 4.78 is 5.23. The Hall–Kier alpha value is -2.78. The van der Waals surface area contributed by atoms with Crippen molar-refractivity contribution in [3.63, 3.8) is 0 Å². The third-order valence-corrected chi connectivity index (χ3v) is 6.09. The van der Waals surface area contributed by atoms with Gasteiger partial charge in [0.1, 0.15) is 5.75 Å². The number of ether oxygens (including phenoxy) is 1. The lowest BCUT2D eigenvalue weighted by Gasteiger charge is -2.20. The molecule has 36 heavy (non-hydrogen) atoms. The normalized spacial score (nSPS) is 15.1. The first kappa shape index (κ1) is 29.5. The number of hydrogen-bond acceptors (Lipinski definition) is 7. The largest absolute Gasteiger partial charge is 0.495 e. The van der Waals surface area contributed by atoms with Gasteiger partial charge in [-0.05, 0) is 36.6 Å². The van der Waals surface area contributed by atoms with E-state index in [9.17, 15) is 9.90 Å². The van der Waals surface area contributed by atoms with Crippen LogP contribution in [0.1, 0.15) is 31.5 Å². The molecule has 9 heteroatoms. The maximum absolute atomic E-state index is 11.1. The van der Waals surface area contributed by atoms with Crippen LogP contribution in [0.5, 0.6) is 5.75 Å². The molecular formula is C27H37ClN4O4. The van der Waals surface area contributed by atoms with E-state index in [1.807, 2.05) is 49.4 Å². The van der Waals surface area contributed by atoms with E-state index in [2.05, 4.69) is 20.6 Å². The molecule has 0 saturated carbocycles. The van der Waals surface area contributed by atoms with Gasteiger partial charge in [-0.15, -0.1) is 0 Å². The van der Waals surface area contributed by atoms with Crippen molar-refractivity contribution in [3.05, 3.63) is 71.3 Å². The van der Waals surface area contributed by atoms with Crippen molar-refractivity contribution in [1.29, 1.82) is 0 Å². The van der Waals surface area contributed by atoms with Crippen molar-refractivity contribution >= 4 is 23.6 Å². The number of aromatic nitrogens is 2. The van der Waals surface area contributed by atoms with Crippen LogP contribution in [0, 0.1) is 11.8 Å². The SMILES string of the molecule is COc1ccc(C[C@H](CNC[C@@H](C)C(=O)O)NC/C=C/C[C@H](O)[C@H](C)/C=C/c2cnccn2)cc1Cl. The fourth-order valence-electron chi connectivity index (χ4n) is 3.44. The molecule has 196 valence electrons. The van der Waals surface area contributed by atoms with Crippen molar-refractivity contribution in [3.8, 4) is 5.75 Å². The average Bonchev–Trinajstić information content (AvgIpc) is 2.87. The smallest absolute Gasteiger partial charge is 0.307 e. The van der Waals surface area contributed by atoms with E-state index in [-0.39, 0.29) is 12.0 Å². The van der Waals surface area contributed by atoms with Gasteiger partial charge in [0.15, 0.2) is 0 Å².